The minimum absolute atomic E-state index is 0.0189. The molecule has 0 saturated heterocycles. The summed E-state index contributed by atoms with van der Waals surface area (Å²) in [5.41, 5.74) is 1.02. The van der Waals surface area contributed by atoms with E-state index in [9.17, 15) is 14.4 Å². The van der Waals surface area contributed by atoms with Crippen molar-refractivity contribution in [2.75, 3.05) is 24.4 Å². The SMILES string of the molecule is COC(=O)c1ccccc1NC(=O)N[C@@H]1COc2ccccc2NC1=O. The summed E-state index contributed by atoms with van der Waals surface area (Å²) in [4.78, 5) is 36.3. The maximum atomic E-state index is 12.3. The van der Waals surface area contributed by atoms with Gasteiger partial charge in [-0.1, -0.05) is 24.3 Å². The molecule has 3 amide bonds. The van der Waals surface area contributed by atoms with Gasteiger partial charge in [-0.3, -0.25) is 4.79 Å². The van der Waals surface area contributed by atoms with Crippen molar-refractivity contribution in [3.63, 3.8) is 0 Å². The largest absolute Gasteiger partial charge is 0.489 e. The van der Waals surface area contributed by atoms with Crippen molar-refractivity contribution in [1.29, 1.82) is 0 Å². The molecule has 3 N–H and O–H groups in total. The molecule has 1 aliphatic heterocycles. The molecule has 8 nitrogen and oxygen atoms in total. The van der Waals surface area contributed by atoms with Crippen LogP contribution in [0.4, 0.5) is 16.2 Å². The van der Waals surface area contributed by atoms with E-state index in [-0.39, 0.29) is 17.9 Å². The van der Waals surface area contributed by atoms with Gasteiger partial charge in [0, 0.05) is 0 Å². The zero-order valence-electron chi connectivity index (χ0n) is 13.9. The Morgan fingerprint density at radius 2 is 1.88 bits per heavy atom. The molecule has 0 spiro atoms. The molecular weight excluding hydrogens is 338 g/mol. The highest BCUT2D eigenvalue weighted by atomic mass is 16.5. The summed E-state index contributed by atoms with van der Waals surface area (Å²) >= 11 is 0. The highest BCUT2D eigenvalue weighted by Gasteiger charge is 2.26. The number of carbonyl (C=O) groups is 3. The van der Waals surface area contributed by atoms with E-state index in [0.717, 1.165) is 0 Å². The number of urea groups is 1. The average Bonchev–Trinajstić information content (AvgIpc) is 2.80. The first kappa shape index (κ1) is 17.3. The smallest absolute Gasteiger partial charge is 0.339 e. The molecule has 8 heteroatoms. The number of carbonyl (C=O) groups excluding carboxylic acids is 3. The van der Waals surface area contributed by atoms with Gasteiger partial charge in [0.05, 0.1) is 24.0 Å². The van der Waals surface area contributed by atoms with Gasteiger partial charge in [-0.25, -0.2) is 9.59 Å². The lowest BCUT2D eigenvalue weighted by Gasteiger charge is -2.16. The number of methoxy groups -OCH3 is 1. The molecule has 1 aliphatic rings. The van der Waals surface area contributed by atoms with Crippen LogP contribution in [0.3, 0.4) is 0 Å². The number of nitrogens with one attached hydrogen (secondary N) is 3. The topological polar surface area (TPSA) is 106 Å². The quantitative estimate of drug-likeness (QED) is 0.730. The van der Waals surface area contributed by atoms with Gasteiger partial charge in [0.25, 0.3) is 5.91 Å². The van der Waals surface area contributed by atoms with E-state index in [4.69, 9.17) is 4.74 Å². The molecule has 2 aromatic carbocycles. The molecule has 0 bridgehead atoms. The lowest BCUT2D eigenvalue weighted by Crippen LogP contribution is -2.48. The van der Waals surface area contributed by atoms with Gasteiger partial charge in [-0.05, 0) is 24.3 Å². The van der Waals surface area contributed by atoms with Gasteiger partial charge >= 0.3 is 12.0 Å². The summed E-state index contributed by atoms with van der Waals surface area (Å²) in [6.07, 6.45) is 0. The van der Waals surface area contributed by atoms with E-state index in [1.165, 1.54) is 13.2 Å². The van der Waals surface area contributed by atoms with Gasteiger partial charge in [0.2, 0.25) is 0 Å². The Morgan fingerprint density at radius 3 is 2.69 bits per heavy atom. The van der Waals surface area contributed by atoms with Gasteiger partial charge < -0.3 is 25.4 Å². The minimum atomic E-state index is -0.896. The summed E-state index contributed by atoms with van der Waals surface area (Å²) in [5, 5.41) is 7.79. The second-order valence-electron chi connectivity index (χ2n) is 5.48. The fourth-order valence-corrected chi connectivity index (χ4v) is 2.47. The number of fused-ring (bicyclic) bond motifs is 1. The molecule has 0 saturated carbocycles. The maximum Gasteiger partial charge on any atom is 0.339 e. The van der Waals surface area contributed by atoms with Crippen molar-refractivity contribution in [2.45, 2.75) is 6.04 Å². The molecule has 3 rings (SSSR count). The van der Waals surface area contributed by atoms with Gasteiger partial charge in [-0.15, -0.1) is 0 Å². The first-order valence-electron chi connectivity index (χ1n) is 7.86. The fourth-order valence-electron chi connectivity index (χ4n) is 2.47. The second kappa shape index (κ2) is 7.56. The van der Waals surface area contributed by atoms with Gasteiger partial charge in [0.15, 0.2) is 0 Å². The minimum Gasteiger partial charge on any atom is -0.489 e. The van der Waals surface area contributed by atoms with Crippen molar-refractivity contribution >= 4 is 29.3 Å². The highest BCUT2D eigenvalue weighted by Crippen LogP contribution is 2.26. The highest BCUT2D eigenvalue weighted by molar-refractivity contribution is 6.03. The molecule has 0 aromatic heterocycles. The molecule has 134 valence electrons. The Bertz CT molecular complexity index is 852. The lowest BCUT2D eigenvalue weighted by atomic mass is 10.2. The summed E-state index contributed by atoms with van der Waals surface area (Å²) < 4.78 is 10.2. The molecule has 1 atom stereocenters. The molecule has 2 aromatic rings. The van der Waals surface area contributed by atoms with E-state index < -0.39 is 23.9 Å². The molecule has 26 heavy (non-hydrogen) atoms. The number of para-hydroxylation sites is 3. The number of hydrogen-bond acceptors (Lipinski definition) is 5. The van der Waals surface area contributed by atoms with Crippen molar-refractivity contribution in [3.8, 4) is 5.75 Å². The molecule has 1 heterocycles. The van der Waals surface area contributed by atoms with E-state index in [0.29, 0.717) is 11.4 Å². The average molecular weight is 355 g/mol. The van der Waals surface area contributed by atoms with Crippen molar-refractivity contribution in [3.05, 3.63) is 54.1 Å². The number of amides is 3. The van der Waals surface area contributed by atoms with Crippen LogP contribution in [-0.4, -0.2) is 37.7 Å². The van der Waals surface area contributed by atoms with Crippen molar-refractivity contribution in [1.82, 2.24) is 5.32 Å². The van der Waals surface area contributed by atoms with Crippen LogP contribution >= 0.6 is 0 Å². The van der Waals surface area contributed by atoms with Crippen LogP contribution < -0.4 is 20.7 Å². The number of esters is 1. The van der Waals surface area contributed by atoms with E-state index in [1.807, 2.05) is 0 Å². The van der Waals surface area contributed by atoms with Crippen molar-refractivity contribution < 1.29 is 23.9 Å². The standard InChI is InChI=1S/C18H17N3O5/c1-25-17(23)11-6-2-3-7-12(11)20-18(24)21-14-10-26-15-9-5-4-8-13(15)19-16(14)22/h2-9,14H,10H2,1H3,(H,19,22)(H2,20,21,24)/t14-/m1/s1. The first-order valence-corrected chi connectivity index (χ1v) is 7.86. The zero-order valence-corrected chi connectivity index (χ0v) is 13.9. The number of anilines is 2. The summed E-state index contributed by atoms with van der Waals surface area (Å²) in [7, 11) is 1.25. The first-order chi connectivity index (χ1) is 12.6. The summed E-state index contributed by atoms with van der Waals surface area (Å²) in [6, 6.07) is 11.9. The Kier molecular flexibility index (Phi) is 5.02. The third-order valence-corrected chi connectivity index (χ3v) is 3.75. The predicted octanol–water partition coefficient (Wildman–Crippen LogP) is 1.99. The summed E-state index contributed by atoms with van der Waals surface area (Å²) in [6.45, 7) is -0.0189. The molecule has 0 fully saturated rings. The zero-order chi connectivity index (χ0) is 18.5. The van der Waals surface area contributed by atoms with Crippen LogP contribution in [0.1, 0.15) is 10.4 Å². The van der Waals surface area contributed by atoms with Crippen LogP contribution in [0.25, 0.3) is 0 Å². The Morgan fingerprint density at radius 1 is 1.15 bits per heavy atom. The van der Waals surface area contributed by atoms with Crippen LogP contribution in [0.2, 0.25) is 0 Å². The lowest BCUT2D eigenvalue weighted by molar-refractivity contribution is -0.118. The van der Waals surface area contributed by atoms with Gasteiger partial charge in [0.1, 0.15) is 18.4 Å². The molecule has 0 radical (unpaired) electrons. The third-order valence-electron chi connectivity index (χ3n) is 3.75. The molecule has 0 aliphatic carbocycles. The summed E-state index contributed by atoms with van der Waals surface area (Å²) in [5.74, 6) is -0.445. The van der Waals surface area contributed by atoms with E-state index in [1.54, 1.807) is 42.5 Å². The monoisotopic (exact) mass is 355 g/mol. The van der Waals surface area contributed by atoms with E-state index in [2.05, 4.69) is 20.7 Å². The Hall–Kier alpha value is -3.55. The van der Waals surface area contributed by atoms with Crippen LogP contribution in [0, 0.1) is 0 Å². The van der Waals surface area contributed by atoms with Crippen LogP contribution in [0.15, 0.2) is 48.5 Å². The molecular formula is C18H17N3O5. The van der Waals surface area contributed by atoms with E-state index >= 15 is 0 Å². The maximum absolute atomic E-state index is 12.3. The third kappa shape index (κ3) is 3.75. The second-order valence-corrected chi connectivity index (χ2v) is 5.48. The fraction of sp³-hybridized carbons (Fsp3) is 0.167. The van der Waals surface area contributed by atoms with Crippen molar-refractivity contribution in [2.24, 2.45) is 0 Å². The van der Waals surface area contributed by atoms with Crippen LogP contribution in [0.5, 0.6) is 5.75 Å². The number of hydrogen-bond donors (Lipinski definition) is 3. The van der Waals surface area contributed by atoms with Gasteiger partial charge in [-0.2, -0.15) is 0 Å². The normalized spacial score (nSPS) is 15.6. The predicted molar refractivity (Wildman–Crippen MR) is 94.3 cm³/mol. The number of ether oxygens (including phenoxy) is 2. The Balaban J connectivity index is 1.68. The number of rotatable bonds is 3. The number of benzene rings is 2. The van der Waals surface area contributed by atoms with Crippen LogP contribution in [-0.2, 0) is 9.53 Å². The Labute approximate surface area is 149 Å². The molecule has 0 unspecified atom stereocenters.